The summed E-state index contributed by atoms with van der Waals surface area (Å²) in [4.78, 5) is 12.6. The van der Waals surface area contributed by atoms with Gasteiger partial charge >= 0.3 is 5.97 Å². The molecule has 0 fully saturated rings. The van der Waals surface area contributed by atoms with Crippen LogP contribution in [0.5, 0.6) is 0 Å². The molecule has 0 saturated carbocycles. The number of unbranched alkanes of at least 4 members (excludes halogenated alkanes) is 1. The molecule has 98 valence electrons. The summed E-state index contributed by atoms with van der Waals surface area (Å²) in [6, 6.07) is 0.599. The first kappa shape index (κ1) is 18.4. The molecule has 0 amide bonds. The largest absolute Gasteiger partial charge is 0.481 e. The third-order valence-electron chi connectivity index (χ3n) is 2.64. The number of hydrogen-bond acceptors (Lipinski definition) is 3. The molecular formula is C11H24ClNO2S. The van der Waals surface area contributed by atoms with Gasteiger partial charge in [-0.15, -0.1) is 12.4 Å². The first-order valence-corrected chi connectivity index (χ1v) is 6.88. The zero-order valence-electron chi connectivity index (χ0n) is 10.4. The Bertz CT molecular complexity index is 181. The van der Waals surface area contributed by atoms with Crippen LogP contribution in [0, 0.1) is 0 Å². The average Bonchev–Trinajstić information content (AvgIpc) is 2.20. The van der Waals surface area contributed by atoms with Crippen molar-refractivity contribution in [2.75, 3.05) is 25.6 Å². The molecule has 1 unspecified atom stereocenters. The van der Waals surface area contributed by atoms with Crippen LogP contribution in [0.3, 0.4) is 0 Å². The van der Waals surface area contributed by atoms with Crippen molar-refractivity contribution in [1.29, 1.82) is 0 Å². The zero-order valence-corrected chi connectivity index (χ0v) is 12.1. The standard InChI is InChI=1S/C11H23NO2S.ClH/c1-10(7-9-15-3)12(2)8-5-4-6-11(13)14;/h10H,4-9H2,1-3H3,(H,13,14);1H. The van der Waals surface area contributed by atoms with Gasteiger partial charge in [-0.25, -0.2) is 0 Å². The molecule has 1 N–H and O–H groups in total. The second-order valence-electron chi connectivity index (χ2n) is 3.96. The van der Waals surface area contributed by atoms with E-state index in [2.05, 4.69) is 25.1 Å². The van der Waals surface area contributed by atoms with Crippen LogP contribution >= 0.6 is 24.2 Å². The first-order valence-electron chi connectivity index (χ1n) is 5.49. The van der Waals surface area contributed by atoms with Crippen molar-refractivity contribution >= 4 is 30.1 Å². The summed E-state index contributed by atoms with van der Waals surface area (Å²) in [5.74, 6) is 0.508. The van der Waals surface area contributed by atoms with E-state index in [1.165, 1.54) is 12.2 Å². The Kier molecular flexibility index (Phi) is 13.3. The highest BCUT2D eigenvalue weighted by atomic mass is 35.5. The molecule has 3 nitrogen and oxygen atoms in total. The van der Waals surface area contributed by atoms with E-state index < -0.39 is 5.97 Å². The van der Waals surface area contributed by atoms with Gasteiger partial charge in [-0.05, 0) is 51.8 Å². The van der Waals surface area contributed by atoms with Crippen molar-refractivity contribution in [3.05, 3.63) is 0 Å². The second-order valence-corrected chi connectivity index (χ2v) is 4.95. The van der Waals surface area contributed by atoms with Gasteiger partial charge in [0.2, 0.25) is 0 Å². The molecule has 0 spiro atoms. The minimum atomic E-state index is -0.687. The predicted octanol–water partition coefficient (Wildman–Crippen LogP) is 2.74. The van der Waals surface area contributed by atoms with Crippen LogP contribution in [0.4, 0.5) is 0 Å². The summed E-state index contributed by atoms with van der Waals surface area (Å²) >= 11 is 1.88. The van der Waals surface area contributed by atoms with Crippen LogP contribution in [0.25, 0.3) is 0 Å². The maximum absolute atomic E-state index is 10.3. The maximum atomic E-state index is 10.3. The predicted molar refractivity (Wildman–Crippen MR) is 73.8 cm³/mol. The Balaban J connectivity index is 0. The van der Waals surface area contributed by atoms with E-state index in [1.54, 1.807) is 0 Å². The third kappa shape index (κ3) is 10.6. The smallest absolute Gasteiger partial charge is 0.303 e. The van der Waals surface area contributed by atoms with Crippen molar-refractivity contribution in [2.45, 2.75) is 38.6 Å². The fourth-order valence-electron chi connectivity index (χ4n) is 1.37. The van der Waals surface area contributed by atoms with Gasteiger partial charge in [-0.1, -0.05) is 0 Å². The number of aliphatic carboxylic acids is 1. The van der Waals surface area contributed by atoms with Gasteiger partial charge in [0.15, 0.2) is 0 Å². The molecule has 5 heteroatoms. The van der Waals surface area contributed by atoms with Crippen molar-refractivity contribution in [1.82, 2.24) is 4.90 Å². The fraction of sp³-hybridized carbons (Fsp3) is 0.909. The van der Waals surface area contributed by atoms with Crippen LogP contribution in [-0.4, -0.2) is 47.6 Å². The van der Waals surface area contributed by atoms with Crippen molar-refractivity contribution in [3.8, 4) is 0 Å². The van der Waals surface area contributed by atoms with E-state index in [4.69, 9.17) is 5.11 Å². The summed E-state index contributed by atoms with van der Waals surface area (Å²) in [5, 5.41) is 8.49. The molecule has 0 radical (unpaired) electrons. The summed E-state index contributed by atoms with van der Waals surface area (Å²) < 4.78 is 0. The normalized spacial score (nSPS) is 12.2. The topological polar surface area (TPSA) is 40.5 Å². The number of nitrogens with zero attached hydrogens (tertiary/aromatic N) is 1. The number of carbonyl (C=O) groups is 1. The van der Waals surface area contributed by atoms with Gasteiger partial charge in [-0.3, -0.25) is 4.79 Å². The first-order chi connectivity index (χ1) is 7.07. The summed E-state index contributed by atoms with van der Waals surface area (Å²) in [5.41, 5.74) is 0. The molecule has 0 aromatic rings. The average molecular weight is 270 g/mol. The van der Waals surface area contributed by atoms with E-state index in [0.29, 0.717) is 12.5 Å². The molecule has 0 aliphatic rings. The summed E-state index contributed by atoms with van der Waals surface area (Å²) in [6.07, 6.45) is 5.39. The Labute approximate surface area is 109 Å². The molecule has 0 heterocycles. The number of rotatable bonds is 9. The van der Waals surface area contributed by atoms with Gasteiger partial charge in [-0.2, -0.15) is 11.8 Å². The van der Waals surface area contributed by atoms with Crippen molar-refractivity contribution in [3.63, 3.8) is 0 Å². The fourth-order valence-corrected chi connectivity index (χ4v) is 1.94. The number of carboxylic acid groups (broad SMARTS) is 1. The van der Waals surface area contributed by atoms with Crippen LogP contribution in [0.2, 0.25) is 0 Å². The van der Waals surface area contributed by atoms with Gasteiger partial charge in [0.05, 0.1) is 0 Å². The molecule has 0 rings (SSSR count). The molecule has 0 aromatic carbocycles. The summed E-state index contributed by atoms with van der Waals surface area (Å²) in [6.45, 7) is 3.23. The minimum absolute atomic E-state index is 0. The maximum Gasteiger partial charge on any atom is 0.303 e. The van der Waals surface area contributed by atoms with Gasteiger partial charge in [0.25, 0.3) is 0 Å². The lowest BCUT2D eigenvalue weighted by molar-refractivity contribution is -0.137. The second kappa shape index (κ2) is 11.6. The Morgan fingerprint density at radius 3 is 2.56 bits per heavy atom. The van der Waals surface area contributed by atoms with Crippen molar-refractivity contribution in [2.24, 2.45) is 0 Å². The number of halogens is 1. The number of hydrogen-bond donors (Lipinski definition) is 1. The van der Waals surface area contributed by atoms with Gasteiger partial charge in [0.1, 0.15) is 0 Å². The van der Waals surface area contributed by atoms with Gasteiger partial charge < -0.3 is 10.0 Å². The molecule has 0 aromatic heterocycles. The van der Waals surface area contributed by atoms with Crippen molar-refractivity contribution < 1.29 is 9.90 Å². The zero-order chi connectivity index (χ0) is 11.7. The molecule has 0 bridgehead atoms. The lowest BCUT2D eigenvalue weighted by Gasteiger charge is -2.24. The molecule has 0 aliphatic carbocycles. The van der Waals surface area contributed by atoms with Crippen LogP contribution in [0.15, 0.2) is 0 Å². The van der Waals surface area contributed by atoms with E-state index in [-0.39, 0.29) is 12.4 Å². The molecule has 0 saturated heterocycles. The highest BCUT2D eigenvalue weighted by molar-refractivity contribution is 7.98. The molecule has 16 heavy (non-hydrogen) atoms. The van der Waals surface area contributed by atoms with E-state index >= 15 is 0 Å². The van der Waals surface area contributed by atoms with E-state index in [9.17, 15) is 4.79 Å². The minimum Gasteiger partial charge on any atom is -0.481 e. The Morgan fingerprint density at radius 1 is 1.44 bits per heavy atom. The van der Waals surface area contributed by atoms with Crippen LogP contribution < -0.4 is 0 Å². The Hall–Kier alpha value is 0.0700. The SMILES string of the molecule is CSCCC(C)N(C)CCCCC(=O)O.Cl. The number of thioether (sulfide) groups is 1. The van der Waals surface area contributed by atoms with Gasteiger partial charge in [0, 0.05) is 12.5 Å². The van der Waals surface area contributed by atoms with E-state index in [0.717, 1.165) is 19.4 Å². The highest BCUT2D eigenvalue weighted by Gasteiger charge is 2.08. The van der Waals surface area contributed by atoms with Crippen LogP contribution in [-0.2, 0) is 4.79 Å². The molecule has 1 atom stereocenters. The van der Waals surface area contributed by atoms with Crippen LogP contribution in [0.1, 0.15) is 32.6 Å². The summed E-state index contributed by atoms with van der Waals surface area (Å²) in [7, 11) is 2.12. The third-order valence-corrected chi connectivity index (χ3v) is 3.29. The van der Waals surface area contributed by atoms with E-state index in [1.807, 2.05) is 11.8 Å². The molecule has 0 aliphatic heterocycles. The lowest BCUT2D eigenvalue weighted by Crippen LogP contribution is -2.30. The highest BCUT2D eigenvalue weighted by Crippen LogP contribution is 2.07. The molecular weight excluding hydrogens is 246 g/mol. The quantitative estimate of drug-likeness (QED) is 0.654. The monoisotopic (exact) mass is 269 g/mol. The number of carboxylic acids is 1. The Morgan fingerprint density at radius 2 is 2.06 bits per heavy atom. The lowest BCUT2D eigenvalue weighted by atomic mass is 10.2.